The fourth-order valence-corrected chi connectivity index (χ4v) is 1.07. The van der Waals surface area contributed by atoms with E-state index in [4.69, 9.17) is 10.8 Å². The third-order valence-corrected chi connectivity index (χ3v) is 1.83. The monoisotopic (exact) mass is 179 g/mol. The van der Waals surface area contributed by atoms with Gasteiger partial charge < -0.3 is 10.8 Å². The molecule has 0 bridgehead atoms. The lowest BCUT2D eigenvalue weighted by molar-refractivity contribution is 0.0985. The van der Waals surface area contributed by atoms with Crippen LogP contribution in [0.4, 0.5) is 0 Å². The molecule has 0 aliphatic heterocycles. The van der Waals surface area contributed by atoms with E-state index in [0.717, 1.165) is 5.56 Å². The number of nitrogens with two attached hydrogens (primary N) is 1. The number of ketones is 1. The number of carbonyl (C=O) groups is 1. The summed E-state index contributed by atoms with van der Waals surface area (Å²) in [4.78, 5) is 11.3. The Hall–Kier alpha value is -1.19. The molecule has 0 saturated carbocycles. The van der Waals surface area contributed by atoms with E-state index in [2.05, 4.69) is 0 Å². The number of aliphatic hydroxyl groups is 1. The SMILES string of the molecule is NCCC(=O)c1ccc(CO)cc1. The van der Waals surface area contributed by atoms with Crippen molar-refractivity contribution in [2.24, 2.45) is 5.73 Å². The molecule has 0 saturated heterocycles. The van der Waals surface area contributed by atoms with Gasteiger partial charge in [-0.2, -0.15) is 0 Å². The summed E-state index contributed by atoms with van der Waals surface area (Å²) in [5.74, 6) is 0.0481. The van der Waals surface area contributed by atoms with E-state index in [1.54, 1.807) is 24.3 Å². The predicted octanol–water partition coefficient (Wildman–Crippen LogP) is 0.710. The van der Waals surface area contributed by atoms with Gasteiger partial charge in [0, 0.05) is 12.0 Å². The lowest BCUT2D eigenvalue weighted by Gasteiger charge is -2.00. The van der Waals surface area contributed by atoms with Crippen LogP contribution >= 0.6 is 0 Å². The Morgan fingerprint density at radius 3 is 2.38 bits per heavy atom. The Kier molecular flexibility index (Phi) is 3.61. The number of rotatable bonds is 4. The summed E-state index contributed by atoms with van der Waals surface area (Å²) in [6, 6.07) is 6.90. The first-order chi connectivity index (χ1) is 6.27. The zero-order valence-corrected chi connectivity index (χ0v) is 7.36. The highest BCUT2D eigenvalue weighted by atomic mass is 16.3. The molecule has 0 spiro atoms. The molecule has 1 rings (SSSR count). The first-order valence-electron chi connectivity index (χ1n) is 4.21. The van der Waals surface area contributed by atoms with Crippen LogP contribution in [0.2, 0.25) is 0 Å². The van der Waals surface area contributed by atoms with Crippen molar-refractivity contribution in [2.75, 3.05) is 6.54 Å². The second-order valence-electron chi connectivity index (χ2n) is 2.82. The fourth-order valence-electron chi connectivity index (χ4n) is 1.07. The van der Waals surface area contributed by atoms with E-state index in [9.17, 15) is 4.79 Å². The summed E-state index contributed by atoms with van der Waals surface area (Å²) in [7, 11) is 0. The molecular weight excluding hydrogens is 166 g/mol. The van der Waals surface area contributed by atoms with Crippen molar-refractivity contribution in [1.82, 2.24) is 0 Å². The molecule has 70 valence electrons. The number of hydrogen-bond donors (Lipinski definition) is 2. The van der Waals surface area contributed by atoms with Crippen LogP contribution in [0.3, 0.4) is 0 Å². The Morgan fingerprint density at radius 1 is 1.31 bits per heavy atom. The van der Waals surface area contributed by atoms with Gasteiger partial charge in [0.05, 0.1) is 6.61 Å². The van der Waals surface area contributed by atoms with E-state index in [1.807, 2.05) is 0 Å². The van der Waals surface area contributed by atoms with Crippen LogP contribution in [0, 0.1) is 0 Å². The average Bonchev–Trinajstić information content (AvgIpc) is 2.18. The molecule has 0 heterocycles. The van der Waals surface area contributed by atoms with Crippen LogP contribution in [0.25, 0.3) is 0 Å². The standard InChI is InChI=1S/C10H13NO2/c11-6-5-10(13)9-3-1-8(7-12)2-4-9/h1-4,12H,5-7,11H2. The molecule has 0 radical (unpaired) electrons. The van der Waals surface area contributed by atoms with E-state index >= 15 is 0 Å². The summed E-state index contributed by atoms with van der Waals surface area (Å²) >= 11 is 0. The molecule has 0 fully saturated rings. The van der Waals surface area contributed by atoms with Gasteiger partial charge in [-0.1, -0.05) is 24.3 Å². The minimum atomic E-state index is 0.00532. The molecule has 3 heteroatoms. The van der Waals surface area contributed by atoms with E-state index in [-0.39, 0.29) is 12.4 Å². The van der Waals surface area contributed by atoms with Gasteiger partial charge in [-0.25, -0.2) is 0 Å². The van der Waals surface area contributed by atoms with Crippen LogP contribution < -0.4 is 5.73 Å². The first kappa shape index (κ1) is 9.89. The summed E-state index contributed by atoms with van der Waals surface area (Å²) in [6.07, 6.45) is 0.373. The van der Waals surface area contributed by atoms with Gasteiger partial charge in [0.25, 0.3) is 0 Å². The first-order valence-corrected chi connectivity index (χ1v) is 4.21. The Morgan fingerprint density at radius 2 is 1.92 bits per heavy atom. The second-order valence-corrected chi connectivity index (χ2v) is 2.82. The van der Waals surface area contributed by atoms with E-state index in [1.165, 1.54) is 0 Å². The van der Waals surface area contributed by atoms with Crippen molar-refractivity contribution in [2.45, 2.75) is 13.0 Å². The molecule has 3 nitrogen and oxygen atoms in total. The second kappa shape index (κ2) is 4.74. The minimum absolute atomic E-state index is 0.00532. The zero-order valence-electron chi connectivity index (χ0n) is 7.36. The number of Topliss-reactive ketones (excluding diaryl/α,β-unsaturated/α-hetero) is 1. The third-order valence-electron chi connectivity index (χ3n) is 1.83. The maximum Gasteiger partial charge on any atom is 0.164 e. The van der Waals surface area contributed by atoms with Crippen molar-refractivity contribution in [3.05, 3.63) is 35.4 Å². The fraction of sp³-hybridized carbons (Fsp3) is 0.300. The number of hydrogen-bond acceptors (Lipinski definition) is 3. The quantitative estimate of drug-likeness (QED) is 0.669. The van der Waals surface area contributed by atoms with Gasteiger partial charge in [-0.15, -0.1) is 0 Å². The van der Waals surface area contributed by atoms with E-state index < -0.39 is 0 Å². The van der Waals surface area contributed by atoms with Crippen LogP contribution in [-0.2, 0) is 6.61 Å². The van der Waals surface area contributed by atoms with Gasteiger partial charge in [-0.3, -0.25) is 4.79 Å². The topological polar surface area (TPSA) is 63.3 Å². The van der Waals surface area contributed by atoms with E-state index in [0.29, 0.717) is 18.5 Å². The number of aliphatic hydroxyl groups excluding tert-OH is 1. The number of carbonyl (C=O) groups excluding carboxylic acids is 1. The predicted molar refractivity (Wildman–Crippen MR) is 50.4 cm³/mol. The van der Waals surface area contributed by atoms with Crippen molar-refractivity contribution < 1.29 is 9.90 Å². The summed E-state index contributed by atoms with van der Waals surface area (Å²) in [5, 5.41) is 8.77. The van der Waals surface area contributed by atoms with Crippen molar-refractivity contribution >= 4 is 5.78 Å². The smallest absolute Gasteiger partial charge is 0.164 e. The van der Waals surface area contributed by atoms with Crippen LogP contribution in [0.15, 0.2) is 24.3 Å². The van der Waals surface area contributed by atoms with Gasteiger partial charge >= 0.3 is 0 Å². The van der Waals surface area contributed by atoms with Gasteiger partial charge in [0.2, 0.25) is 0 Å². The summed E-state index contributed by atoms with van der Waals surface area (Å²) in [5.41, 5.74) is 6.73. The lowest BCUT2D eigenvalue weighted by atomic mass is 10.1. The number of benzene rings is 1. The van der Waals surface area contributed by atoms with Gasteiger partial charge in [-0.05, 0) is 12.1 Å². The normalized spacial score (nSPS) is 10.0. The van der Waals surface area contributed by atoms with Gasteiger partial charge in [0.15, 0.2) is 5.78 Å². The highest BCUT2D eigenvalue weighted by molar-refractivity contribution is 5.96. The molecule has 13 heavy (non-hydrogen) atoms. The Bertz CT molecular complexity index is 279. The highest BCUT2D eigenvalue weighted by Gasteiger charge is 2.03. The molecule has 0 atom stereocenters. The van der Waals surface area contributed by atoms with Gasteiger partial charge in [0.1, 0.15) is 0 Å². The Labute approximate surface area is 77.2 Å². The van der Waals surface area contributed by atoms with Crippen molar-refractivity contribution in [3.63, 3.8) is 0 Å². The maximum absolute atomic E-state index is 11.3. The molecule has 0 aromatic heterocycles. The van der Waals surface area contributed by atoms with Crippen LogP contribution in [0.1, 0.15) is 22.3 Å². The molecular formula is C10H13NO2. The van der Waals surface area contributed by atoms with Crippen molar-refractivity contribution in [1.29, 1.82) is 0 Å². The molecule has 0 aliphatic rings. The lowest BCUT2D eigenvalue weighted by Crippen LogP contribution is -2.07. The molecule has 1 aromatic carbocycles. The molecule has 0 unspecified atom stereocenters. The largest absolute Gasteiger partial charge is 0.392 e. The summed E-state index contributed by atoms with van der Waals surface area (Å²) in [6.45, 7) is 0.381. The molecule has 1 aromatic rings. The minimum Gasteiger partial charge on any atom is -0.392 e. The molecule has 0 amide bonds. The average molecular weight is 179 g/mol. The maximum atomic E-state index is 11.3. The summed E-state index contributed by atoms with van der Waals surface area (Å²) < 4.78 is 0. The third kappa shape index (κ3) is 2.65. The molecule has 0 aliphatic carbocycles. The zero-order chi connectivity index (χ0) is 9.68. The van der Waals surface area contributed by atoms with Crippen LogP contribution in [0.5, 0.6) is 0 Å². The van der Waals surface area contributed by atoms with Crippen molar-refractivity contribution in [3.8, 4) is 0 Å². The van der Waals surface area contributed by atoms with Crippen LogP contribution in [-0.4, -0.2) is 17.4 Å². The molecule has 3 N–H and O–H groups in total. The Balaban J connectivity index is 2.74. The highest BCUT2D eigenvalue weighted by Crippen LogP contribution is 2.06.